The second-order valence-electron chi connectivity index (χ2n) is 7.80. The number of hydrogen-bond acceptors (Lipinski definition) is 6. The monoisotopic (exact) mass is 490 g/mol. The summed E-state index contributed by atoms with van der Waals surface area (Å²) in [5.41, 5.74) is -2.61. The molecule has 1 aliphatic rings. The molecule has 0 saturated carbocycles. The number of fused-ring (bicyclic) bond motifs is 1. The molecule has 4 aromatic rings. The first-order chi connectivity index (χ1) is 19.9. The standard InChI is InChI=1S/C25H22ClF2N5O/c1-12-10-15(6-8-29-12)19-11-16(7-9-34-19)24-32-22(17-4-5-18(26)21(28)20(17)27)23-25(33-24)31-14(3)13(2)30-23/h4-6,8,10,16,19H,7,9,11H2,1-3H3/t16-,19+/m0/s1/i1D3,2D3,3D3. The van der Waals surface area contributed by atoms with E-state index in [1.807, 2.05) is 0 Å². The van der Waals surface area contributed by atoms with Gasteiger partial charge in [-0.15, -0.1) is 0 Å². The summed E-state index contributed by atoms with van der Waals surface area (Å²) in [6.45, 7) is -8.24. The second-order valence-corrected chi connectivity index (χ2v) is 8.21. The van der Waals surface area contributed by atoms with Crippen LogP contribution in [0, 0.1) is 32.2 Å². The maximum atomic E-state index is 15.2. The van der Waals surface area contributed by atoms with Crippen molar-refractivity contribution in [3.8, 4) is 11.3 Å². The Morgan fingerprint density at radius 2 is 1.88 bits per heavy atom. The highest BCUT2D eigenvalue weighted by Crippen LogP contribution is 2.38. The summed E-state index contributed by atoms with van der Waals surface area (Å²) in [5, 5.41) is -0.500. The highest BCUT2D eigenvalue weighted by atomic mass is 35.5. The van der Waals surface area contributed by atoms with E-state index < -0.39 is 66.2 Å². The lowest BCUT2D eigenvalue weighted by Crippen LogP contribution is -2.21. The van der Waals surface area contributed by atoms with E-state index in [4.69, 9.17) is 28.7 Å². The van der Waals surface area contributed by atoms with E-state index >= 15 is 4.39 Å². The van der Waals surface area contributed by atoms with Gasteiger partial charge in [-0.3, -0.25) is 4.98 Å². The van der Waals surface area contributed by atoms with Gasteiger partial charge in [0.1, 0.15) is 17.0 Å². The van der Waals surface area contributed by atoms with Gasteiger partial charge in [0.15, 0.2) is 17.3 Å². The Bertz CT molecular complexity index is 1720. The minimum Gasteiger partial charge on any atom is -0.373 e. The molecule has 5 rings (SSSR count). The average Bonchev–Trinajstić information content (AvgIpc) is 2.93. The first kappa shape index (κ1) is 14.3. The van der Waals surface area contributed by atoms with Crippen molar-refractivity contribution < 1.29 is 25.9 Å². The summed E-state index contributed by atoms with van der Waals surface area (Å²) in [4.78, 5) is 20.9. The van der Waals surface area contributed by atoms with Crippen molar-refractivity contribution in [1.82, 2.24) is 24.9 Å². The normalized spacial score (nSPS) is 23.4. The molecule has 0 amide bonds. The summed E-state index contributed by atoms with van der Waals surface area (Å²) in [6.07, 6.45) is 1.36. The number of aryl methyl sites for hydroxylation is 3. The minimum atomic E-state index is -3.02. The SMILES string of the molecule is [2H]C([2H])([2H])c1cc([C@H]2C[C@@H](c3nc(-c4ccc(Cl)c(F)c4F)c4nc(C([2H])([2H])[2H])c(C([2H])([2H])[2H])nc4n3)CCO2)ccn1. The molecular weight excluding hydrogens is 460 g/mol. The van der Waals surface area contributed by atoms with Crippen molar-refractivity contribution in [2.24, 2.45) is 0 Å². The summed E-state index contributed by atoms with van der Waals surface area (Å²) >= 11 is 5.75. The fourth-order valence-corrected chi connectivity index (χ4v) is 4.10. The predicted octanol–water partition coefficient (Wildman–Crippen LogP) is 5.97. The summed E-state index contributed by atoms with van der Waals surface area (Å²) in [7, 11) is 0. The van der Waals surface area contributed by atoms with E-state index in [1.165, 1.54) is 12.3 Å². The Labute approximate surface area is 213 Å². The van der Waals surface area contributed by atoms with Crippen molar-refractivity contribution in [3.63, 3.8) is 0 Å². The smallest absolute Gasteiger partial charge is 0.182 e. The van der Waals surface area contributed by atoms with E-state index in [2.05, 4.69) is 24.9 Å². The van der Waals surface area contributed by atoms with E-state index in [-0.39, 0.29) is 41.4 Å². The molecule has 0 aliphatic carbocycles. The lowest BCUT2D eigenvalue weighted by molar-refractivity contribution is 0.00393. The third-order valence-corrected chi connectivity index (χ3v) is 5.94. The van der Waals surface area contributed by atoms with Crippen LogP contribution in [0.5, 0.6) is 0 Å². The quantitative estimate of drug-likeness (QED) is 0.329. The number of pyridine rings is 1. The van der Waals surface area contributed by atoms with Gasteiger partial charge in [0.05, 0.1) is 22.5 Å². The average molecular weight is 491 g/mol. The van der Waals surface area contributed by atoms with Crippen LogP contribution in [0.2, 0.25) is 5.02 Å². The maximum Gasteiger partial charge on any atom is 0.182 e. The molecule has 4 heterocycles. The van der Waals surface area contributed by atoms with Crippen LogP contribution in [0.3, 0.4) is 0 Å². The van der Waals surface area contributed by atoms with Gasteiger partial charge < -0.3 is 4.74 Å². The van der Waals surface area contributed by atoms with Crippen molar-refractivity contribution in [1.29, 1.82) is 0 Å². The molecule has 1 saturated heterocycles. The third-order valence-electron chi connectivity index (χ3n) is 5.64. The molecule has 9 heteroatoms. The Morgan fingerprint density at radius 1 is 1.03 bits per heavy atom. The molecule has 0 N–H and O–H groups in total. The molecule has 0 bridgehead atoms. The number of hydrogen-bond donors (Lipinski definition) is 0. The molecule has 34 heavy (non-hydrogen) atoms. The van der Waals surface area contributed by atoms with Crippen LogP contribution in [0.25, 0.3) is 22.4 Å². The molecule has 2 atom stereocenters. The van der Waals surface area contributed by atoms with Gasteiger partial charge in [0, 0.05) is 42.3 Å². The topological polar surface area (TPSA) is 73.7 Å². The summed E-state index contributed by atoms with van der Waals surface area (Å²) in [6, 6.07) is 5.27. The van der Waals surface area contributed by atoms with E-state index in [0.29, 0.717) is 12.0 Å². The van der Waals surface area contributed by atoms with Gasteiger partial charge in [-0.2, -0.15) is 0 Å². The molecule has 1 fully saturated rings. The Hall–Kier alpha value is -3.10. The van der Waals surface area contributed by atoms with Crippen molar-refractivity contribution in [3.05, 3.63) is 75.6 Å². The first-order valence-corrected chi connectivity index (χ1v) is 10.7. The number of ether oxygens (including phenoxy) is 1. The Kier molecular flexibility index (Phi) is 3.76. The zero-order valence-corrected chi connectivity index (χ0v) is 18.2. The van der Waals surface area contributed by atoms with Crippen LogP contribution in [0.15, 0.2) is 30.5 Å². The van der Waals surface area contributed by atoms with Gasteiger partial charge in [-0.1, -0.05) is 11.6 Å². The molecule has 3 aromatic heterocycles. The van der Waals surface area contributed by atoms with Crippen molar-refractivity contribution in [2.45, 2.75) is 45.4 Å². The summed E-state index contributed by atoms with van der Waals surface area (Å²) < 4.78 is 106. The van der Waals surface area contributed by atoms with Gasteiger partial charge >= 0.3 is 0 Å². The van der Waals surface area contributed by atoms with Gasteiger partial charge in [0.25, 0.3) is 0 Å². The van der Waals surface area contributed by atoms with E-state index in [0.717, 1.165) is 12.1 Å². The van der Waals surface area contributed by atoms with E-state index in [1.54, 1.807) is 6.07 Å². The van der Waals surface area contributed by atoms with Crippen LogP contribution in [0.1, 0.15) is 65.7 Å². The van der Waals surface area contributed by atoms with Crippen molar-refractivity contribution in [2.75, 3.05) is 6.61 Å². The molecule has 174 valence electrons. The number of aromatic nitrogens is 5. The number of nitrogens with zero attached hydrogens (tertiary/aromatic N) is 5. The molecule has 0 spiro atoms. The zero-order valence-electron chi connectivity index (χ0n) is 26.4. The molecule has 0 unspecified atom stereocenters. The lowest BCUT2D eigenvalue weighted by Gasteiger charge is -2.29. The molecule has 1 aromatic carbocycles. The second kappa shape index (κ2) is 8.92. The maximum absolute atomic E-state index is 15.2. The fourth-order valence-electron chi connectivity index (χ4n) is 3.95. The minimum absolute atomic E-state index is 0.0723. The van der Waals surface area contributed by atoms with Gasteiger partial charge in [0.2, 0.25) is 0 Å². The molecule has 0 radical (unpaired) electrons. The number of rotatable bonds is 3. The Morgan fingerprint density at radius 3 is 2.71 bits per heavy atom. The summed E-state index contributed by atoms with van der Waals surface area (Å²) in [5.74, 6) is -3.17. The molecular formula is C25H22ClF2N5O. The van der Waals surface area contributed by atoms with Crippen LogP contribution in [-0.2, 0) is 4.74 Å². The first-order valence-electron chi connectivity index (χ1n) is 14.8. The largest absolute Gasteiger partial charge is 0.373 e. The fraction of sp³-hybridized carbons (Fsp3) is 0.320. The number of halogens is 3. The van der Waals surface area contributed by atoms with Crippen molar-refractivity contribution >= 4 is 22.8 Å². The van der Waals surface area contributed by atoms with Crippen LogP contribution >= 0.6 is 11.6 Å². The lowest BCUT2D eigenvalue weighted by atomic mass is 9.91. The Balaban J connectivity index is 1.70. The highest BCUT2D eigenvalue weighted by molar-refractivity contribution is 6.30. The van der Waals surface area contributed by atoms with Gasteiger partial charge in [-0.05, 0) is 63.2 Å². The van der Waals surface area contributed by atoms with Gasteiger partial charge in [-0.25, -0.2) is 28.7 Å². The predicted molar refractivity (Wildman–Crippen MR) is 125 cm³/mol. The van der Waals surface area contributed by atoms with E-state index in [9.17, 15) is 4.39 Å². The molecule has 6 nitrogen and oxygen atoms in total. The van der Waals surface area contributed by atoms with Crippen LogP contribution < -0.4 is 0 Å². The van der Waals surface area contributed by atoms with Crippen LogP contribution in [0.4, 0.5) is 8.78 Å². The molecule has 1 aliphatic heterocycles. The highest BCUT2D eigenvalue weighted by Gasteiger charge is 2.29. The number of benzene rings is 1. The van der Waals surface area contributed by atoms with Crippen LogP contribution in [-0.4, -0.2) is 31.5 Å². The zero-order chi connectivity index (χ0) is 31.5. The third kappa shape index (κ3) is 4.12.